The fraction of sp³-hybridized carbons (Fsp3) is 0.389. The first-order valence-electron chi connectivity index (χ1n) is 7.61. The topological polar surface area (TPSA) is 21.1 Å². The van der Waals surface area contributed by atoms with Crippen LogP contribution in [0.5, 0.6) is 0 Å². The van der Waals surface area contributed by atoms with E-state index in [9.17, 15) is 0 Å². The van der Waals surface area contributed by atoms with Gasteiger partial charge in [-0.3, -0.25) is 4.68 Å². The summed E-state index contributed by atoms with van der Waals surface area (Å²) in [4.78, 5) is 2.26. The van der Waals surface area contributed by atoms with E-state index in [4.69, 9.17) is 0 Å². The number of fused-ring (bicyclic) bond motifs is 1. The van der Waals surface area contributed by atoms with Crippen molar-refractivity contribution >= 4 is 5.57 Å². The van der Waals surface area contributed by atoms with Crippen LogP contribution in [0.15, 0.2) is 48.3 Å². The molecular formula is C18H23N3. The molecule has 0 amide bonds. The van der Waals surface area contributed by atoms with Gasteiger partial charge in [0.2, 0.25) is 0 Å². The molecule has 0 N–H and O–H groups in total. The molecule has 21 heavy (non-hydrogen) atoms. The van der Waals surface area contributed by atoms with Gasteiger partial charge in [0.15, 0.2) is 0 Å². The third-order valence-corrected chi connectivity index (χ3v) is 4.29. The molecule has 110 valence electrons. The van der Waals surface area contributed by atoms with Gasteiger partial charge in [-0.05, 0) is 56.6 Å². The molecule has 0 spiro atoms. The molecule has 1 aromatic carbocycles. The standard InChI is InChI=1S/C18H23N3/c1-14(21-11-6-10-19-21)18-16(9-12-20(2)3)13-15-7-4-5-8-17(15)18/h4-8,10-11,14H,9,12-13H2,1-3H3. The van der Waals surface area contributed by atoms with Crippen LogP contribution in [0.4, 0.5) is 0 Å². The second kappa shape index (κ2) is 5.86. The Bertz CT molecular complexity index is 638. The molecule has 3 nitrogen and oxygen atoms in total. The van der Waals surface area contributed by atoms with Gasteiger partial charge in [-0.25, -0.2) is 0 Å². The molecule has 2 aromatic rings. The van der Waals surface area contributed by atoms with Crippen molar-refractivity contribution in [2.45, 2.75) is 25.8 Å². The van der Waals surface area contributed by atoms with Gasteiger partial charge in [0.1, 0.15) is 0 Å². The Kier molecular flexibility index (Phi) is 3.93. The second-order valence-corrected chi connectivity index (χ2v) is 6.07. The Morgan fingerprint density at radius 2 is 2.05 bits per heavy atom. The average molecular weight is 281 g/mol. The predicted molar refractivity (Wildman–Crippen MR) is 87.2 cm³/mol. The zero-order valence-corrected chi connectivity index (χ0v) is 13.1. The van der Waals surface area contributed by atoms with Crippen molar-refractivity contribution < 1.29 is 0 Å². The Labute approximate surface area is 126 Å². The highest BCUT2D eigenvalue weighted by Gasteiger charge is 2.25. The zero-order chi connectivity index (χ0) is 14.8. The fourth-order valence-electron chi connectivity index (χ4n) is 3.20. The Morgan fingerprint density at radius 3 is 2.76 bits per heavy atom. The van der Waals surface area contributed by atoms with Crippen molar-refractivity contribution in [2.75, 3.05) is 20.6 Å². The summed E-state index contributed by atoms with van der Waals surface area (Å²) in [5.74, 6) is 0. The maximum Gasteiger partial charge on any atom is 0.0745 e. The van der Waals surface area contributed by atoms with Gasteiger partial charge >= 0.3 is 0 Å². The lowest BCUT2D eigenvalue weighted by molar-refractivity contribution is 0.412. The van der Waals surface area contributed by atoms with E-state index in [1.54, 1.807) is 5.57 Å². The molecule has 1 aromatic heterocycles. The second-order valence-electron chi connectivity index (χ2n) is 6.07. The van der Waals surface area contributed by atoms with Crippen LogP contribution in [0.25, 0.3) is 5.57 Å². The molecule has 3 rings (SSSR count). The van der Waals surface area contributed by atoms with E-state index in [0.29, 0.717) is 6.04 Å². The summed E-state index contributed by atoms with van der Waals surface area (Å²) in [6.07, 6.45) is 6.13. The van der Waals surface area contributed by atoms with Crippen LogP contribution in [0.1, 0.15) is 30.5 Å². The van der Waals surface area contributed by atoms with Crippen molar-refractivity contribution in [3.8, 4) is 0 Å². The normalized spacial score (nSPS) is 15.6. The van der Waals surface area contributed by atoms with Crippen LogP contribution in [0.2, 0.25) is 0 Å². The van der Waals surface area contributed by atoms with Gasteiger partial charge in [0, 0.05) is 18.9 Å². The van der Waals surface area contributed by atoms with Crippen LogP contribution in [0.3, 0.4) is 0 Å². The molecule has 0 bridgehead atoms. The molecule has 0 radical (unpaired) electrons. The van der Waals surface area contributed by atoms with Gasteiger partial charge in [-0.15, -0.1) is 0 Å². The molecule has 3 heteroatoms. The van der Waals surface area contributed by atoms with Crippen LogP contribution in [-0.2, 0) is 6.42 Å². The van der Waals surface area contributed by atoms with Crippen molar-refractivity contribution in [1.82, 2.24) is 14.7 Å². The maximum absolute atomic E-state index is 4.44. The van der Waals surface area contributed by atoms with Gasteiger partial charge < -0.3 is 4.90 Å². The maximum atomic E-state index is 4.44. The number of allylic oxidation sites excluding steroid dienone is 1. The summed E-state index contributed by atoms with van der Waals surface area (Å²) < 4.78 is 2.06. The van der Waals surface area contributed by atoms with Crippen LogP contribution in [0, 0.1) is 0 Å². The molecule has 1 atom stereocenters. The number of nitrogens with zero attached hydrogens (tertiary/aromatic N) is 3. The van der Waals surface area contributed by atoms with Crippen LogP contribution >= 0.6 is 0 Å². The highest BCUT2D eigenvalue weighted by atomic mass is 15.3. The van der Waals surface area contributed by atoms with Gasteiger partial charge in [0.25, 0.3) is 0 Å². The number of benzene rings is 1. The SMILES string of the molecule is CC(C1=C(CCN(C)C)Cc2ccccc21)n1cccn1. The van der Waals surface area contributed by atoms with Gasteiger partial charge in [-0.2, -0.15) is 5.10 Å². The molecular weight excluding hydrogens is 258 g/mol. The zero-order valence-electron chi connectivity index (χ0n) is 13.1. The lowest BCUT2D eigenvalue weighted by Crippen LogP contribution is -2.15. The minimum Gasteiger partial charge on any atom is -0.309 e. The van der Waals surface area contributed by atoms with E-state index in [-0.39, 0.29) is 0 Å². The minimum atomic E-state index is 0.292. The molecule has 0 saturated carbocycles. The summed E-state index contributed by atoms with van der Waals surface area (Å²) in [6.45, 7) is 3.35. The van der Waals surface area contributed by atoms with E-state index in [2.05, 4.69) is 66.2 Å². The van der Waals surface area contributed by atoms with Crippen LogP contribution < -0.4 is 0 Å². The van der Waals surface area contributed by atoms with Crippen molar-refractivity contribution in [2.24, 2.45) is 0 Å². The van der Waals surface area contributed by atoms with Gasteiger partial charge in [0.05, 0.1) is 6.04 Å². The number of aromatic nitrogens is 2. The summed E-state index contributed by atoms with van der Waals surface area (Å²) >= 11 is 0. The molecule has 1 aliphatic carbocycles. The highest BCUT2D eigenvalue weighted by molar-refractivity contribution is 5.78. The molecule has 1 unspecified atom stereocenters. The predicted octanol–water partition coefficient (Wildman–Crippen LogP) is 3.41. The third kappa shape index (κ3) is 2.79. The van der Waals surface area contributed by atoms with Crippen molar-refractivity contribution in [3.05, 3.63) is 59.4 Å². The van der Waals surface area contributed by atoms with E-state index >= 15 is 0 Å². The number of hydrogen-bond donors (Lipinski definition) is 0. The average Bonchev–Trinajstić information content (AvgIpc) is 3.11. The minimum absolute atomic E-state index is 0.292. The Morgan fingerprint density at radius 1 is 1.24 bits per heavy atom. The first kappa shape index (κ1) is 14.1. The van der Waals surface area contributed by atoms with E-state index in [0.717, 1.165) is 19.4 Å². The summed E-state index contributed by atoms with van der Waals surface area (Å²) in [6, 6.07) is 11.1. The highest BCUT2D eigenvalue weighted by Crippen LogP contribution is 2.40. The Hall–Kier alpha value is -1.87. The molecule has 1 heterocycles. The molecule has 0 aliphatic heterocycles. The van der Waals surface area contributed by atoms with E-state index in [1.807, 2.05) is 12.3 Å². The molecule has 0 fully saturated rings. The van der Waals surface area contributed by atoms with Gasteiger partial charge in [-0.1, -0.05) is 29.8 Å². The van der Waals surface area contributed by atoms with Crippen molar-refractivity contribution in [3.63, 3.8) is 0 Å². The monoisotopic (exact) mass is 281 g/mol. The molecule has 0 saturated heterocycles. The Balaban J connectivity index is 1.97. The largest absolute Gasteiger partial charge is 0.309 e. The van der Waals surface area contributed by atoms with Crippen LogP contribution in [-0.4, -0.2) is 35.3 Å². The molecule has 1 aliphatic rings. The third-order valence-electron chi connectivity index (χ3n) is 4.29. The fourth-order valence-corrected chi connectivity index (χ4v) is 3.20. The van der Waals surface area contributed by atoms with E-state index in [1.165, 1.54) is 16.7 Å². The number of rotatable bonds is 5. The quantitative estimate of drug-likeness (QED) is 0.837. The van der Waals surface area contributed by atoms with Crippen molar-refractivity contribution in [1.29, 1.82) is 0 Å². The first-order valence-corrected chi connectivity index (χ1v) is 7.61. The summed E-state index contributed by atoms with van der Waals surface area (Å²) in [5.41, 5.74) is 5.90. The summed E-state index contributed by atoms with van der Waals surface area (Å²) in [7, 11) is 4.28. The first-order chi connectivity index (χ1) is 10.2. The smallest absolute Gasteiger partial charge is 0.0745 e. The lowest BCUT2D eigenvalue weighted by Gasteiger charge is -2.18. The summed E-state index contributed by atoms with van der Waals surface area (Å²) in [5, 5.41) is 4.44. The van der Waals surface area contributed by atoms with E-state index < -0.39 is 0 Å². The number of hydrogen-bond acceptors (Lipinski definition) is 2. The lowest BCUT2D eigenvalue weighted by atomic mass is 9.98.